The first-order valence-corrected chi connectivity index (χ1v) is 6.36. The normalized spacial score (nSPS) is 21.7. The summed E-state index contributed by atoms with van der Waals surface area (Å²) < 4.78 is 18.2. The number of hydrogen-bond donors (Lipinski definition) is 1. The van der Waals surface area contributed by atoms with Crippen LogP contribution in [0.25, 0.3) is 0 Å². The van der Waals surface area contributed by atoms with E-state index in [9.17, 15) is 9.18 Å². The third-order valence-electron chi connectivity index (χ3n) is 3.55. The maximum atomic E-state index is 13.3. The number of nitrogens with two attached hydrogens (primary N) is 1. The number of hydrogen-bond acceptors (Lipinski definition) is 3. The third kappa shape index (κ3) is 3.04. The average molecular weight is 266 g/mol. The van der Waals surface area contributed by atoms with E-state index in [1.165, 1.54) is 25.3 Å². The van der Waals surface area contributed by atoms with Gasteiger partial charge in [-0.1, -0.05) is 0 Å². The second-order valence-corrected chi connectivity index (χ2v) is 5.13. The molecule has 1 aliphatic rings. The van der Waals surface area contributed by atoms with Crippen LogP contribution in [0.3, 0.4) is 0 Å². The summed E-state index contributed by atoms with van der Waals surface area (Å²) in [7, 11) is 3.13. The second-order valence-electron chi connectivity index (χ2n) is 5.13. The van der Waals surface area contributed by atoms with E-state index < -0.39 is 5.82 Å². The second kappa shape index (κ2) is 5.57. The summed E-state index contributed by atoms with van der Waals surface area (Å²) in [6, 6.07) is 4.43. The van der Waals surface area contributed by atoms with Crippen molar-refractivity contribution in [1.82, 2.24) is 4.90 Å². The molecular weight excluding hydrogens is 247 g/mol. The molecule has 1 aromatic rings. The first kappa shape index (κ1) is 13.8. The van der Waals surface area contributed by atoms with Gasteiger partial charge in [-0.15, -0.1) is 0 Å². The monoisotopic (exact) mass is 266 g/mol. The highest BCUT2D eigenvalue weighted by Gasteiger charge is 2.28. The minimum Gasteiger partial charge on any atom is -0.494 e. The van der Waals surface area contributed by atoms with Gasteiger partial charge in [-0.3, -0.25) is 4.79 Å². The number of benzene rings is 1. The molecule has 0 unspecified atom stereocenters. The summed E-state index contributed by atoms with van der Waals surface area (Å²) in [5.74, 6) is -0.0262. The first-order valence-electron chi connectivity index (χ1n) is 6.36. The zero-order chi connectivity index (χ0) is 14.0. The van der Waals surface area contributed by atoms with E-state index in [1.807, 2.05) is 0 Å². The van der Waals surface area contributed by atoms with Gasteiger partial charge in [0.1, 0.15) is 0 Å². The lowest BCUT2D eigenvalue weighted by Crippen LogP contribution is -2.43. The molecule has 0 radical (unpaired) electrons. The van der Waals surface area contributed by atoms with Crippen LogP contribution < -0.4 is 10.5 Å². The van der Waals surface area contributed by atoms with Gasteiger partial charge in [-0.05, 0) is 37.0 Å². The van der Waals surface area contributed by atoms with Crippen LogP contribution in [0.2, 0.25) is 0 Å². The van der Waals surface area contributed by atoms with Crippen LogP contribution in [-0.4, -0.2) is 37.6 Å². The SMILES string of the molecule is COc1cc(C(=O)N(C)CC2CC(N)C2)ccc1F. The van der Waals surface area contributed by atoms with Crippen LogP contribution in [0, 0.1) is 11.7 Å². The Morgan fingerprint density at radius 3 is 2.79 bits per heavy atom. The lowest BCUT2D eigenvalue weighted by atomic mass is 9.80. The highest BCUT2D eigenvalue weighted by molar-refractivity contribution is 5.94. The van der Waals surface area contributed by atoms with Crippen molar-refractivity contribution < 1.29 is 13.9 Å². The van der Waals surface area contributed by atoms with Gasteiger partial charge >= 0.3 is 0 Å². The Morgan fingerprint density at radius 2 is 2.21 bits per heavy atom. The van der Waals surface area contributed by atoms with Gasteiger partial charge in [0.25, 0.3) is 5.91 Å². The van der Waals surface area contributed by atoms with Gasteiger partial charge in [0, 0.05) is 25.2 Å². The topological polar surface area (TPSA) is 55.6 Å². The average Bonchev–Trinajstić information content (AvgIpc) is 2.36. The molecule has 1 amide bonds. The Hall–Kier alpha value is -1.62. The largest absolute Gasteiger partial charge is 0.494 e. The highest BCUT2D eigenvalue weighted by Crippen LogP contribution is 2.27. The van der Waals surface area contributed by atoms with Crippen LogP contribution >= 0.6 is 0 Å². The molecule has 0 aliphatic heterocycles. The summed E-state index contributed by atoms with van der Waals surface area (Å²) in [4.78, 5) is 13.9. The molecule has 1 fully saturated rings. The van der Waals surface area contributed by atoms with Crippen molar-refractivity contribution in [3.8, 4) is 5.75 Å². The van der Waals surface area contributed by atoms with Crippen LogP contribution in [-0.2, 0) is 0 Å². The number of ether oxygens (including phenoxy) is 1. The Morgan fingerprint density at radius 1 is 1.53 bits per heavy atom. The smallest absolute Gasteiger partial charge is 0.253 e. The molecular formula is C14H19FN2O2. The van der Waals surface area contributed by atoms with Crippen LogP contribution in [0.1, 0.15) is 23.2 Å². The molecule has 0 saturated heterocycles. The van der Waals surface area contributed by atoms with Gasteiger partial charge in [0.2, 0.25) is 0 Å². The van der Waals surface area contributed by atoms with Crippen molar-refractivity contribution in [2.75, 3.05) is 20.7 Å². The molecule has 19 heavy (non-hydrogen) atoms. The van der Waals surface area contributed by atoms with Crippen molar-refractivity contribution >= 4 is 5.91 Å². The molecule has 0 aromatic heterocycles. The number of halogens is 1. The molecule has 1 aromatic carbocycles. The predicted octanol–water partition coefficient (Wildman–Crippen LogP) is 1.64. The quantitative estimate of drug-likeness (QED) is 0.901. The summed E-state index contributed by atoms with van der Waals surface area (Å²) >= 11 is 0. The Balaban J connectivity index is 2.02. The van der Waals surface area contributed by atoms with Crippen molar-refractivity contribution in [2.45, 2.75) is 18.9 Å². The molecule has 1 aliphatic carbocycles. The summed E-state index contributed by atoms with van der Waals surface area (Å²) in [5.41, 5.74) is 6.16. The van der Waals surface area contributed by atoms with E-state index in [0.29, 0.717) is 18.0 Å². The number of carbonyl (C=O) groups excluding carboxylic acids is 1. The molecule has 1 saturated carbocycles. The van der Waals surface area contributed by atoms with Crippen LogP contribution in [0.15, 0.2) is 18.2 Å². The Bertz CT molecular complexity index is 473. The van der Waals surface area contributed by atoms with E-state index >= 15 is 0 Å². The van der Waals surface area contributed by atoms with E-state index in [-0.39, 0.29) is 17.7 Å². The molecule has 0 spiro atoms. The van der Waals surface area contributed by atoms with E-state index in [2.05, 4.69) is 0 Å². The van der Waals surface area contributed by atoms with Gasteiger partial charge in [-0.2, -0.15) is 0 Å². The minimum absolute atomic E-state index is 0.0879. The lowest BCUT2D eigenvalue weighted by Gasteiger charge is -2.35. The van der Waals surface area contributed by atoms with Gasteiger partial charge in [-0.25, -0.2) is 4.39 Å². The summed E-state index contributed by atoms with van der Waals surface area (Å²) in [6.45, 7) is 0.687. The molecule has 4 nitrogen and oxygen atoms in total. The maximum absolute atomic E-state index is 13.3. The van der Waals surface area contributed by atoms with Gasteiger partial charge in [0.05, 0.1) is 7.11 Å². The number of nitrogens with zero attached hydrogens (tertiary/aromatic N) is 1. The standard InChI is InChI=1S/C14H19FN2O2/c1-17(8-9-5-11(16)6-9)14(18)10-3-4-12(15)13(7-10)19-2/h3-4,7,9,11H,5-6,8,16H2,1-2H3. The third-order valence-corrected chi connectivity index (χ3v) is 3.55. The fraction of sp³-hybridized carbons (Fsp3) is 0.500. The summed E-state index contributed by atoms with van der Waals surface area (Å²) in [5, 5.41) is 0. The van der Waals surface area contributed by atoms with Crippen LogP contribution in [0.5, 0.6) is 5.75 Å². The molecule has 2 N–H and O–H groups in total. The lowest BCUT2D eigenvalue weighted by molar-refractivity contribution is 0.0733. The zero-order valence-corrected chi connectivity index (χ0v) is 11.2. The number of rotatable bonds is 4. The minimum atomic E-state index is -0.466. The number of carbonyl (C=O) groups is 1. The Kier molecular flexibility index (Phi) is 4.04. The van der Waals surface area contributed by atoms with Crippen molar-refractivity contribution in [2.24, 2.45) is 11.7 Å². The van der Waals surface area contributed by atoms with E-state index in [4.69, 9.17) is 10.5 Å². The zero-order valence-electron chi connectivity index (χ0n) is 11.2. The van der Waals surface area contributed by atoms with Gasteiger partial charge < -0.3 is 15.4 Å². The fourth-order valence-corrected chi connectivity index (χ4v) is 2.42. The molecule has 104 valence electrons. The molecule has 0 bridgehead atoms. The molecule has 0 atom stereocenters. The summed E-state index contributed by atoms with van der Waals surface area (Å²) in [6.07, 6.45) is 1.93. The Labute approximate surface area is 112 Å². The van der Waals surface area contributed by atoms with Crippen LogP contribution in [0.4, 0.5) is 4.39 Å². The molecule has 5 heteroatoms. The molecule has 0 heterocycles. The number of amides is 1. The predicted molar refractivity (Wildman–Crippen MR) is 70.6 cm³/mol. The molecule has 2 rings (SSSR count). The highest BCUT2D eigenvalue weighted by atomic mass is 19.1. The van der Waals surface area contributed by atoms with E-state index in [1.54, 1.807) is 11.9 Å². The fourth-order valence-electron chi connectivity index (χ4n) is 2.42. The number of methoxy groups -OCH3 is 1. The first-order chi connectivity index (χ1) is 9.01. The van der Waals surface area contributed by atoms with E-state index in [0.717, 1.165) is 12.8 Å². The maximum Gasteiger partial charge on any atom is 0.253 e. The van der Waals surface area contributed by atoms with Crippen molar-refractivity contribution in [1.29, 1.82) is 0 Å². The van der Waals surface area contributed by atoms with Crippen molar-refractivity contribution in [3.63, 3.8) is 0 Å². The van der Waals surface area contributed by atoms with Crippen molar-refractivity contribution in [3.05, 3.63) is 29.6 Å². The van der Waals surface area contributed by atoms with Gasteiger partial charge in [0.15, 0.2) is 11.6 Å².